The quantitative estimate of drug-likeness (QED) is 0.225. The first kappa shape index (κ1) is 26.2. The Morgan fingerprint density at radius 3 is 2.23 bits per heavy atom. The molecule has 0 aromatic carbocycles. The van der Waals surface area contributed by atoms with Crippen molar-refractivity contribution >= 4 is 23.5 Å². The fraction of sp³-hybridized carbons (Fsp3) is 0.600. The van der Waals surface area contributed by atoms with Crippen LogP contribution in [0.2, 0.25) is 0 Å². The first-order chi connectivity index (χ1) is 14.1. The molecule has 3 unspecified atom stereocenters. The van der Waals surface area contributed by atoms with Gasteiger partial charge in [-0.15, -0.1) is 0 Å². The number of phosphoric ester groups is 1. The Morgan fingerprint density at radius 2 is 1.68 bits per heavy atom. The Labute approximate surface area is 170 Å². The van der Waals surface area contributed by atoms with Crippen LogP contribution in [0.25, 0.3) is 0 Å². The zero-order chi connectivity index (χ0) is 23.8. The molecule has 1 aliphatic rings. The standard InChI is InChI=1S/C10H17N2O16P3/c13-2-4-1-12(10(17)11-8(4)16)9-7(15)6(14)5(26-9)3-25-30(21,22)28-31(23,24)27-29(18,19)20/h1,5-7,9,13-15H,2-3H2,(H,21,22)(H,23,24)(H,11,16,17)(H2,18,19,20)/p-4/t5-,6+,7?,9-/m1/s1. The van der Waals surface area contributed by atoms with E-state index in [-0.39, 0.29) is 5.56 Å². The number of rotatable bonds is 9. The second-order valence-corrected chi connectivity index (χ2v) is 10.1. The van der Waals surface area contributed by atoms with E-state index in [9.17, 15) is 53.1 Å². The van der Waals surface area contributed by atoms with E-state index in [4.69, 9.17) is 9.84 Å². The van der Waals surface area contributed by atoms with Crippen molar-refractivity contribution in [3.05, 3.63) is 32.6 Å². The van der Waals surface area contributed by atoms with E-state index in [0.29, 0.717) is 4.57 Å². The van der Waals surface area contributed by atoms with Crippen LogP contribution in [-0.4, -0.2) is 49.8 Å². The second-order valence-electron chi connectivity index (χ2n) is 5.83. The lowest BCUT2D eigenvalue weighted by Gasteiger charge is -2.37. The number of aromatic nitrogens is 2. The molecule has 0 radical (unpaired) electrons. The number of hydrogen-bond donors (Lipinski definition) is 4. The molecule has 2 rings (SSSR count). The van der Waals surface area contributed by atoms with Gasteiger partial charge in [-0.3, -0.25) is 27.8 Å². The molecule has 21 heteroatoms. The number of phosphoric acid groups is 3. The van der Waals surface area contributed by atoms with Gasteiger partial charge in [-0.1, -0.05) is 0 Å². The van der Waals surface area contributed by atoms with Crippen molar-refractivity contribution in [2.24, 2.45) is 0 Å². The van der Waals surface area contributed by atoms with Crippen LogP contribution in [0, 0.1) is 0 Å². The molecule has 4 N–H and O–H groups in total. The Balaban J connectivity index is 2.12. The Morgan fingerprint density at radius 1 is 1.06 bits per heavy atom. The van der Waals surface area contributed by atoms with Gasteiger partial charge in [0.25, 0.3) is 21.2 Å². The third kappa shape index (κ3) is 6.95. The summed E-state index contributed by atoms with van der Waals surface area (Å²) < 4.78 is 49.0. The van der Waals surface area contributed by atoms with E-state index in [0.717, 1.165) is 6.20 Å². The minimum Gasteiger partial charge on any atom is -0.790 e. The summed E-state index contributed by atoms with van der Waals surface area (Å²) in [5.41, 5.74) is -2.38. The maximum absolute atomic E-state index is 11.9. The van der Waals surface area contributed by atoms with Crippen molar-refractivity contribution in [3.8, 4) is 0 Å². The molecule has 1 aliphatic heterocycles. The van der Waals surface area contributed by atoms with Crippen molar-refractivity contribution in [1.29, 1.82) is 0 Å². The smallest absolute Gasteiger partial charge is 0.330 e. The van der Waals surface area contributed by atoms with Gasteiger partial charge in [-0.25, -0.2) is 9.11 Å². The number of hydrogen-bond acceptors (Lipinski definition) is 16. The number of aliphatic hydroxyl groups excluding tert-OH is 3. The third-order valence-corrected chi connectivity index (χ3v) is 7.29. The van der Waals surface area contributed by atoms with Crippen LogP contribution in [-0.2, 0) is 38.2 Å². The summed E-state index contributed by atoms with van der Waals surface area (Å²) >= 11 is 0. The van der Waals surface area contributed by atoms with Gasteiger partial charge >= 0.3 is 5.69 Å². The van der Waals surface area contributed by atoms with Crippen LogP contribution in [0.15, 0.2) is 15.8 Å². The lowest BCUT2D eigenvalue weighted by atomic mass is 10.1. The Bertz CT molecular complexity index is 1060. The van der Waals surface area contributed by atoms with Crippen LogP contribution in [0.3, 0.4) is 0 Å². The van der Waals surface area contributed by atoms with Gasteiger partial charge in [0.1, 0.15) is 18.3 Å². The average molecular weight is 510 g/mol. The van der Waals surface area contributed by atoms with E-state index < -0.39 is 72.5 Å². The second kappa shape index (κ2) is 9.43. The van der Waals surface area contributed by atoms with Gasteiger partial charge in [0.2, 0.25) is 0 Å². The molecule has 1 saturated heterocycles. The Hall–Kier alpha value is -1.07. The minimum atomic E-state index is -6.20. The van der Waals surface area contributed by atoms with E-state index in [1.165, 1.54) is 0 Å². The zero-order valence-corrected chi connectivity index (χ0v) is 17.4. The summed E-state index contributed by atoms with van der Waals surface area (Å²) in [4.78, 5) is 68.3. The first-order valence-electron chi connectivity index (χ1n) is 7.73. The van der Waals surface area contributed by atoms with Gasteiger partial charge in [0.15, 0.2) is 6.23 Å². The predicted octanol–water partition coefficient (Wildman–Crippen LogP) is -5.54. The molecule has 18 nitrogen and oxygen atoms in total. The topological polar surface area (TPSA) is 296 Å². The largest absolute Gasteiger partial charge is 0.790 e. The normalized spacial score (nSPS) is 28.2. The zero-order valence-electron chi connectivity index (χ0n) is 14.7. The molecule has 2 heterocycles. The van der Waals surface area contributed by atoms with Gasteiger partial charge in [0, 0.05) is 6.20 Å². The van der Waals surface area contributed by atoms with E-state index in [1.54, 1.807) is 4.98 Å². The summed E-state index contributed by atoms with van der Waals surface area (Å²) in [7, 11) is -18.3. The summed E-state index contributed by atoms with van der Waals surface area (Å²) in [6.07, 6.45) is -6.43. The molecule has 1 fully saturated rings. The summed E-state index contributed by atoms with van der Waals surface area (Å²) in [5.74, 6) is 0. The molecular formula is C10H13N2O16P3-4. The Kier molecular flexibility index (Phi) is 7.96. The monoisotopic (exact) mass is 510 g/mol. The van der Waals surface area contributed by atoms with Crippen molar-refractivity contribution in [2.75, 3.05) is 6.61 Å². The van der Waals surface area contributed by atoms with Crippen molar-refractivity contribution in [3.63, 3.8) is 0 Å². The number of nitrogens with one attached hydrogen (secondary N) is 1. The highest BCUT2D eigenvalue weighted by atomic mass is 31.3. The molecule has 0 aliphatic carbocycles. The van der Waals surface area contributed by atoms with Crippen LogP contribution >= 0.6 is 23.5 Å². The number of H-pyrrole nitrogens is 1. The lowest BCUT2D eigenvalue weighted by molar-refractivity contribution is -0.339. The highest BCUT2D eigenvalue weighted by Crippen LogP contribution is 2.60. The number of aromatic amines is 1. The summed E-state index contributed by atoms with van der Waals surface area (Å²) in [5, 5.41) is 29.1. The fourth-order valence-electron chi connectivity index (χ4n) is 2.37. The van der Waals surface area contributed by atoms with Crippen LogP contribution in [0.1, 0.15) is 11.8 Å². The minimum absolute atomic E-state index is 0.317. The molecular weight excluding hydrogens is 497 g/mol. The maximum Gasteiger partial charge on any atom is 0.330 e. The van der Waals surface area contributed by atoms with Gasteiger partial charge < -0.3 is 48.7 Å². The molecule has 0 saturated carbocycles. The van der Waals surface area contributed by atoms with E-state index in [1.807, 2.05) is 0 Å². The highest BCUT2D eigenvalue weighted by molar-refractivity contribution is 7.64. The van der Waals surface area contributed by atoms with E-state index in [2.05, 4.69) is 13.1 Å². The maximum atomic E-state index is 11.9. The van der Waals surface area contributed by atoms with Gasteiger partial charge in [-0.2, -0.15) is 0 Å². The fourth-order valence-corrected chi connectivity index (χ4v) is 5.24. The molecule has 0 bridgehead atoms. The highest BCUT2D eigenvalue weighted by Gasteiger charge is 2.45. The molecule has 0 amide bonds. The molecule has 6 atom stereocenters. The SMILES string of the molecule is O=c1[nH]c(=O)n([C@@H]2O[C@H](COP(=O)([O-])OP(=O)([O-])OP(=O)([O-])[O-])[C@H](O)C2O)cc1CO. The number of aliphatic hydroxyl groups is 3. The lowest BCUT2D eigenvalue weighted by Crippen LogP contribution is -2.39. The van der Waals surface area contributed by atoms with Crippen LogP contribution in [0.4, 0.5) is 0 Å². The molecule has 31 heavy (non-hydrogen) atoms. The molecule has 0 spiro atoms. The third-order valence-electron chi connectivity index (χ3n) is 3.62. The number of ether oxygens (including phenoxy) is 1. The van der Waals surface area contributed by atoms with Crippen LogP contribution < -0.4 is 30.8 Å². The first-order valence-corrected chi connectivity index (χ1v) is 12.1. The van der Waals surface area contributed by atoms with Gasteiger partial charge in [0.05, 0.1) is 26.6 Å². The average Bonchev–Trinajstić information content (AvgIpc) is 2.85. The van der Waals surface area contributed by atoms with Crippen LogP contribution in [0.5, 0.6) is 0 Å². The summed E-state index contributed by atoms with van der Waals surface area (Å²) in [6, 6.07) is 0. The molecule has 1 aromatic heterocycles. The van der Waals surface area contributed by atoms with Crippen molar-refractivity contribution in [1.82, 2.24) is 9.55 Å². The summed E-state index contributed by atoms with van der Waals surface area (Å²) in [6.45, 7) is -2.02. The van der Waals surface area contributed by atoms with E-state index >= 15 is 0 Å². The predicted molar refractivity (Wildman–Crippen MR) is 84.1 cm³/mol. The van der Waals surface area contributed by atoms with Crippen molar-refractivity contribution < 1.29 is 66.5 Å². The van der Waals surface area contributed by atoms with Crippen molar-refractivity contribution in [2.45, 2.75) is 31.1 Å². The van der Waals surface area contributed by atoms with Gasteiger partial charge in [-0.05, 0) is 0 Å². The molecule has 1 aromatic rings. The number of nitrogens with zero attached hydrogens (tertiary/aromatic N) is 1. The molecule has 178 valence electrons.